The standard InChI is InChI=1S/C15H16O2/c1-12-7-6-10-15(2,11-12)17-14(16)13-8-4-3-5-9-13/h3-10H,11H2,1-2H3. The van der Waals surface area contributed by atoms with Crippen molar-refractivity contribution in [1.82, 2.24) is 0 Å². The van der Waals surface area contributed by atoms with E-state index in [2.05, 4.69) is 0 Å². The third kappa shape index (κ3) is 2.84. The molecule has 2 nitrogen and oxygen atoms in total. The first-order valence-electron chi connectivity index (χ1n) is 5.72. The highest BCUT2D eigenvalue weighted by atomic mass is 16.6. The van der Waals surface area contributed by atoms with E-state index in [0.717, 1.165) is 6.42 Å². The van der Waals surface area contributed by atoms with E-state index in [-0.39, 0.29) is 5.97 Å². The summed E-state index contributed by atoms with van der Waals surface area (Å²) >= 11 is 0. The largest absolute Gasteiger partial charge is 0.451 e. The number of esters is 1. The van der Waals surface area contributed by atoms with E-state index in [4.69, 9.17) is 4.74 Å². The van der Waals surface area contributed by atoms with Crippen LogP contribution in [0.15, 0.2) is 54.1 Å². The van der Waals surface area contributed by atoms with Crippen molar-refractivity contribution < 1.29 is 9.53 Å². The van der Waals surface area contributed by atoms with Crippen molar-refractivity contribution >= 4 is 5.97 Å². The molecule has 0 fully saturated rings. The lowest BCUT2D eigenvalue weighted by molar-refractivity contribution is 0.0107. The normalized spacial score (nSPS) is 23.1. The maximum atomic E-state index is 11.9. The zero-order chi connectivity index (χ0) is 12.3. The molecular weight excluding hydrogens is 212 g/mol. The number of allylic oxidation sites excluding steroid dienone is 2. The summed E-state index contributed by atoms with van der Waals surface area (Å²) in [6.45, 7) is 3.97. The number of rotatable bonds is 2. The highest BCUT2D eigenvalue weighted by molar-refractivity contribution is 5.89. The molecule has 1 unspecified atom stereocenters. The lowest BCUT2D eigenvalue weighted by Crippen LogP contribution is -2.31. The molecule has 2 heteroatoms. The van der Waals surface area contributed by atoms with Gasteiger partial charge in [-0.3, -0.25) is 0 Å². The Kier molecular flexibility index (Phi) is 3.14. The first-order chi connectivity index (χ1) is 8.09. The smallest absolute Gasteiger partial charge is 0.338 e. The van der Waals surface area contributed by atoms with Crippen molar-refractivity contribution in [3.8, 4) is 0 Å². The zero-order valence-electron chi connectivity index (χ0n) is 10.1. The van der Waals surface area contributed by atoms with Crippen LogP contribution in [-0.4, -0.2) is 11.6 Å². The Morgan fingerprint density at radius 2 is 2.00 bits per heavy atom. The van der Waals surface area contributed by atoms with Gasteiger partial charge in [-0.1, -0.05) is 35.9 Å². The minimum absolute atomic E-state index is 0.271. The van der Waals surface area contributed by atoms with Gasteiger partial charge in [0.25, 0.3) is 0 Å². The molecule has 0 aliphatic heterocycles. The topological polar surface area (TPSA) is 26.3 Å². The van der Waals surface area contributed by atoms with E-state index >= 15 is 0 Å². The monoisotopic (exact) mass is 228 g/mol. The van der Waals surface area contributed by atoms with Gasteiger partial charge in [-0.25, -0.2) is 4.79 Å². The van der Waals surface area contributed by atoms with Crippen molar-refractivity contribution in [1.29, 1.82) is 0 Å². The van der Waals surface area contributed by atoms with Gasteiger partial charge in [-0.15, -0.1) is 0 Å². The SMILES string of the molecule is CC1=CC=CC(C)(OC(=O)c2ccccc2)C1. The van der Waals surface area contributed by atoms with Crippen LogP contribution < -0.4 is 0 Å². The van der Waals surface area contributed by atoms with Crippen molar-refractivity contribution in [3.05, 3.63) is 59.7 Å². The molecular formula is C15H16O2. The summed E-state index contributed by atoms with van der Waals surface area (Å²) in [5.41, 5.74) is 1.29. The second-order valence-corrected chi connectivity index (χ2v) is 4.62. The maximum Gasteiger partial charge on any atom is 0.338 e. The molecule has 0 heterocycles. The average Bonchev–Trinajstić information content (AvgIpc) is 2.29. The van der Waals surface area contributed by atoms with Gasteiger partial charge < -0.3 is 4.74 Å². The number of carbonyl (C=O) groups is 1. The maximum absolute atomic E-state index is 11.9. The van der Waals surface area contributed by atoms with Crippen LogP contribution in [-0.2, 0) is 4.74 Å². The molecule has 1 aromatic rings. The molecule has 1 aliphatic carbocycles. The Bertz CT molecular complexity index is 471. The van der Waals surface area contributed by atoms with Crippen LogP contribution in [0, 0.1) is 0 Å². The molecule has 0 amide bonds. The fraction of sp³-hybridized carbons (Fsp3) is 0.267. The molecule has 0 saturated carbocycles. The third-order valence-corrected chi connectivity index (χ3v) is 2.79. The van der Waals surface area contributed by atoms with Crippen molar-refractivity contribution in [2.75, 3.05) is 0 Å². The van der Waals surface area contributed by atoms with Crippen LogP contribution >= 0.6 is 0 Å². The number of ether oxygens (including phenoxy) is 1. The number of hydrogen-bond acceptors (Lipinski definition) is 2. The van der Waals surface area contributed by atoms with Gasteiger partial charge in [0.1, 0.15) is 5.60 Å². The van der Waals surface area contributed by atoms with Crippen LogP contribution in [0.5, 0.6) is 0 Å². The molecule has 0 radical (unpaired) electrons. The summed E-state index contributed by atoms with van der Waals surface area (Å²) in [6, 6.07) is 9.08. The molecule has 1 aromatic carbocycles. The van der Waals surface area contributed by atoms with E-state index < -0.39 is 5.60 Å². The lowest BCUT2D eigenvalue weighted by Gasteiger charge is -2.28. The predicted molar refractivity (Wildman–Crippen MR) is 67.8 cm³/mol. The molecule has 0 bridgehead atoms. The van der Waals surface area contributed by atoms with Crippen LogP contribution in [0.1, 0.15) is 30.6 Å². The van der Waals surface area contributed by atoms with Gasteiger partial charge >= 0.3 is 5.97 Å². The summed E-state index contributed by atoms with van der Waals surface area (Å²) in [7, 11) is 0. The summed E-state index contributed by atoms with van der Waals surface area (Å²) in [4.78, 5) is 11.9. The van der Waals surface area contributed by atoms with E-state index in [1.165, 1.54) is 5.57 Å². The van der Waals surface area contributed by atoms with E-state index in [0.29, 0.717) is 5.56 Å². The van der Waals surface area contributed by atoms with Crippen LogP contribution in [0.25, 0.3) is 0 Å². The van der Waals surface area contributed by atoms with E-state index in [1.54, 1.807) is 12.1 Å². The quantitative estimate of drug-likeness (QED) is 0.724. The number of benzene rings is 1. The van der Waals surface area contributed by atoms with E-state index in [9.17, 15) is 4.79 Å². The Balaban J connectivity index is 2.10. The summed E-state index contributed by atoms with van der Waals surface area (Å²) < 4.78 is 5.57. The zero-order valence-corrected chi connectivity index (χ0v) is 10.1. The molecule has 17 heavy (non-hydrogen) atoms. The molecule has 0 N–H and O–H groups in total. The molecule has 1 atom stereocenters. The highest BCUT2D eigenvalue weighted by Gasteiger charge is 2.28. The molecule has 1 aliphatic rings. The lowest BCUT2D eigenvalue weighted by atomic mass is 9.92. The molecule has 0 aromatic heterocycles. The van der Waals surface area contributed by atoms with Gasteiger partial charge in [0.2, 0.25) is 0 Å². The Hall–Kier alpha value is -1.83. The van der Waals surface area contributed by atoms with E-state index in [1.807, 2.05) is 50.3 Å². The second-order valence-electron chi connectivity index (χ2n) is 4.62. The number of carbonyl (C=O) groups excluding carboxylic acids is 1. The van der Waals surface area contributed by atoms with Crippen LogP contribution in [0.2, 0.25) is 0 Å². The minimum atomic E-state index is -0.522. The van der Waals surface area contributed by atoms with Gasteiger partial charge in [0.05, 0.1) is 5.56 Å². The van der Waals surface area contributed by atoms with Gasteiger partial charge in [-0.05, 0) is 32.1 Å². The average molecular weight is 228 g/mol. The number of hydrogen-bond donors (Lipinski definition) is 0. The fourth-order valence-electron chi connectivity index (χ4n) is 2.00. The summed E-state index contributed by atoms with van der Waals surface area (Å²) in [6.07, 6.45) is 6.66. The van der Waals surface area contributed by atoms with Crippen molar-refractivity contribution in [2.45, 2.75) is 25.9 Å². The highest BCUT2D eigenvalue weighted by Crippen LogP contribution is 2.27. The minimum Gasteiger partial charge on any atom is -0.451 e. The Morgan fingerprint density at radius 1 is 1.29 bits per heavy atom. The molecule has 88 valence electrons. The molecule has 0 saturated heterocycles. The second kappa shape index (κ2) is 4.58. The Labute approximate surface area is 102 Å². The summed E-state index contributed by atoms with van der Waals surface area (Å²) in [5.74, 6) is -0.271. The van der Waals surface area contributed by atoms with Gasteiger partial charge in [0, 0.05) is 6.42 Å². The molecule has 0 spiro atoms. The van der Waals surface area contributed by atoms with Gasteiger partial charge in [0.15, 0.2) is 0 Å². The van der Waals surface area contributed by atoms with Crippen LogP contribution in [0.4, 0.5) is 0 Å². The Morgan fingerprint density at radius 3 is 2.65 bits per heavy atom. The van der Waals surface area contributed by atoms with Crippen molar-refractivity contribution in [2.24, 2.45) is 0 Å². The first kappa shape index (κ1) is 11.6. The first-order valence-corrected chi connectivity index (χ1v) is 5.72. The summed E-state index contributed by atoms with van der Waals surface area (Å²) in [5, 5.41) is 0. The molecule has 2 rings (SSSR count). The fourth-order valence-corrected chi connectivity index (χ4v) is 2.00. The van der Waals surface area contributed by atoms with Crippen LogP contribution in [0.3, 0.4) is 0 Å². The van der Waals surface area contributed by atoms with Gasteiger partial charge in [-0.2, -0.15) is 0 Å². The van der Waals surface area contributed by atoms with Crippen molar-refractivity contribution in [3.63, 3.8) is 0 Å². The predicted octanol–water partition coefficient (Wildman–Crippen LogP) is 3.51. The third-order valence-electron chi connectivity index (χ3n) is 2.79.